The summed E-state index contributed by atoms with van der Waals surface area (Å²) in [5.74, 6) is -5.80. The molecule has 0 amide bonds. The van der Waals surface area contributed by atoms with Gasteiger partial charge in [0.25, 0.3) is 6.43 Å². The van der Waals surface area contributed by atoms with Crippen LogP contribution >= 0.6 is 0 Å². The topological polar surface area (TPSA) is 118 Å². The summed E-state index contributed by atoms with van der Waals surface area (Å²) < 4.78 is 77.8. The van der Waals surface area contributed by atoms with Crippen LogP contribution < -0.4 is 0 Å². The van der Waals surface area contributed by atoms with Crippen LogP contribution in [0.2, 0.25) is 0 Å². The van der Waals surface area contributed by atoms with E-state index >= 15 is 0 Å². The maximum absolute atomic E-state index is 13.9. The van der Waals surface area contributed by atoms with E-state index in [9.17, 15) is 46.3 Å². The molecule has 12 heteroatoms. The van der Waals surface area contributed by atoms with Gasteiger partial charge in [-0.05, 0) is 6.07 Å². The first-order valence-corrected chi connectivity index (χ1v) is 7.67. The number of sulfone groups is 1. The van der Waals surface area contributed by atoms with Crippen LogP contribution in [-0.2, 0) is 9.84 Å². The summed E-state index contributed by atoms with van der Waals surface area (Å²) in [6.45, 7) is 0. The minimum Gasteiger partial charge on any atom is -0.504 e. The fourth-order valence-electron chi connectivity index (χ4n) is 2.02. The zero-order chi connectivity index (χ0) is 19.1. The van der Waals surface area contributed by atoms with Crippen molar-refractivity contribution in [3.05, 3.63) is 51.6 Å². The standard InChI is InChI=1S/C13H7F4NO6S/c14-5-1-7(13(16)17)12(8(15)2-5)25(23,24)6-3-9(18(21)22)11(20)10(19)4-6/h1-4,13,19-20H. The van der Waals surface area contributed by atoms with Crippen LogP contribution in [0.1, 0.15) is 12.0 Å². The van der Waals surface area contributed by atoms with Gasteiger partial charge >= 0.3 is 5.69 Å². The third-order valence-electron chi connectivity index (χ3n) is 3.09. The molecule has 0 unspecified atom stereocenters. The quantitative estimate of drug-likeness (QED) is 0.276. The minimum atomic E-state index is -5.15. The van der Waals surface area contributed by atoms with Crippen molar-refractivity contribution >= 4 is 15.5 Å². The van der Waals surface area contributed by atoms with Gasteiger partial charge in [0.1, 0.15) is 16.5 Å². The van der Waals surface area contributed by atoms with Gasteiger partial charge in [-0.2, -0.15) is 0 Å². The molecule has 0 radical (unpaired) electrons. The van der Waals surface area contributed by atoms with Crippen molar-refractivity contribution in [1.29, 1.82) is 0 Å². The Balaban J connectivity index is 2.84. The normalized spacial score (nSPS) is 11.7. The van der Waals surface area contributed by atoms with Gasteiger partial charge in [-0.25, -0.2) is 26.0 Å². The van der Waals surface area contributed by atoms with Crippen molar-refractivity contribution in [2.45, 2.75) is 16.2 Å². The number of aromatic hydroxyl groups is 2. The zero-order valence-corrected chi connectivity index (χ0v) is 12.6. The smallest absolute Gasteiger partial charge is 0.315 e. The lowest BCUT2D eigenvalue weighted by molar-refractivity contribution is -0.386. The SMILES string of the molecule is O=[N+]([O-])c1cc(S(=O)(=O)c2c(F)cc(F)cc2C(F)F)cc(O)c1O. The Labute approximate surface area is 136 Å². The molecular weight excluding hydrogens is 374 g/mol. The van der Waals surface area contributed by atoms with E-state index < -0.39 is 65.4 Å². The Kier molecular flexibility index (Phi) is 4.57. The van der Waals surface area contributed by atoms with E-state index in [2.05, 4.69) is 0 Å². The molecule has 25 heavy (non-hydrogen) atoms. The fraction of sp³-hybridized carbons (Fsp3) is 0.0769. The van der Waals surface area contributed by atoms with Gasteiger partial charge in [-0.15, -0.1) is 0 Å². The number of phenols is 2. The monoisotopic (exact) mass is 381 g/mol. The van der Waals surface area contributed by atoms with Crippen LogP contribution in [0.5, 0.6) is 11.5 Å². The van der Waals surface area contributed by atoms with Crippen molar-refractivity contribution in [1.82, 2.24) is 0 Å². The van der Waals surface area contributed by atoms with Gasteiger partial charge in [-0.1, -0.05) is 0 Å². The fourth-order valence-corrected chi connectivity index (χ4v) is 3.56. The lowest BCUT2D eigenvalue weighted by Crippen LogP contribution is -2.10. The van der Waals surface area contributed by atoms with Gasteiger partial charge in [0.2, 0.25) is 15.6 Å². The number of nitro benzene ring substituents is 1. The molecule has 2 rings (SSSR count). The highest BCUT2D eigenvalue weighted by molar-refractivity contribution is 7.91. The van der Waals surface area contributed by atoms with Crippen LogP contribution in [-0.4, -0.2) is 23.6 Å². The summed E-state index contributed by atoms with van der Waals surface area (Å²) in [7, 11) is -5.15. The Morgan fingerprint density at radius 1 is 1.08 bits per heavy atom. The van der Waals surface area contributed by atoms with Crippen LogP contribution in [0.4, 0.5) is 23.2 Å². The molecule has 0 fully saturated rings. The van der Waals surface area contributed by atoms with Crippen molar-refractivity contribution in [2.24, 2.45) is 0 Å². The molecule has 0 saturated heterocycles. The van der Waals surface area contributed by atoms with Crippen molar-refractivity contribution in [3.63, 3.8) is 0 Å². The molecular formula is C13H7F4NO6S. The number of benzene rings is 2. The predicted octanol–water partition coefficient (Wildman–Crippen LogP) is 3.05. The first kappa shape index (κ1) is 18.4. The average molecular weight is 381 g/mol. The second-order valence-electron chi connectivity index (χ2n) is 4.68. The summed E-state index contributed by atoms with van der Waals surface area (Å²) in [5, 5.41) is 29.5. The molecule has 0 saturated carbocycles. The first-order valence-electron chi connectivity index (χ1n) is 6.19. The number of hydrogen-bond donors (Lipinski definition) is 2. The van der Waals surface area contributed by atoms with Crippen molar-refractivity contribution in [2.75, 3.05) is 0 Å². The lowest BCUT2D eigenvalue weighted by Gasteiger charge is -2.12. The highest BCUT2D eigenvalue weighted by atomic mass is 32.2. The van der Waals surface area contributed by atoms with E-state index in [1.807, 2.05) is 0 Å². The van der Waals surface area contributed by atoms with Gasteiger partial charge in [0.15, 0.2) is 5.75 Å². The first-order chi connectivity index (χ1) is 11.5. The second kappa shape index (κ2) is 6.20. The van der Waals surface area contributed by atoms with Gasteiger partial charge in [0.05, 0.1) is 9.82 Å². The number of nitro groups is 1. The highest BCUT2D eigenvalue weighted by Crippen LogP contribution is 2.40. The second-order valence-corrected chi connectivity index (χ2v) is 6.56. The Morgan fingerprint density at radius 2 is 1.68 bits per heavy atom. The molecule has 0 bridgehead atoms. The highest BCUT2D eigenvalue weighted by Gasteiger charge is 2.33. The Bertz CT molecular complexity index is 977. The van der Waals surface area contributed by atoms with Gasteiger partial charge < -0.3 is 10.2 Å². The average Bonchev–Trinajstić information content (AvgIpc) is 2.47. The van der Waals surface area contributed by atoms with Crippen molar-refractivity contribution in [3.8, 4) is 11.5 Å². The van der Waals surface area contributed by atoms with Crippen molar-refractivity contribution < 1.29 is 41.1 Å². The summed E-state index contributed by atoms with van der Waals surface area (Å²) in [6.07, 6.45) is -3.57. The summed E-state index contributed by atoms with van der Waals surface area (Å²) in [4.78, 5) is 6.79. The van der Waals surface area contributed by atoms with Crippen LogP contribution in [0.25, 0.3) is 0 Å². The van der Waals surface area contributed by atoms with Crippen LogP contribution in [0.3, 0.4) is 0 Å². The molecule has 0 aliphatic carbocycles. The van der Waals surface area contributed by atoms with Crippen LogP contribution in [0.15, 0.2) is 34.1 Å². The van der Waals surface area contributed by atoms with E-state index in [1.54, 1.807) is 0 Å². The van der Waals surface area contributed by atoms with E-state index in [4.69, 9.17) is 0 Å². The molecule has 0 heterocycles. The molecule has 2 aromatic carbocycles. The van der Waals surface area contributed by atoms with E-state index in [0.717, 1.165) is 0 Å². The number of phenolic OH excluding ortho intramolecular Hbond substituents is 2. The predicted molar refractivity (Wildman–Crippen MR) is 73.2 cm³/mol. The largest absolute Gasteiger partial charge is 0.504 e. The molecule has 2 aromatic rings. The maximum Gasteiger partial charge on any atom is 0.315 e. The molecule has 0 aromatic heterocycles. The molecule has 0 aliphatic rings. The molecule has 134 valence electrons. The summed E-state index contributed by atoms with van der Waals surface area (Å²) >= 11 is 0. The Morgan fingerprint density at radius 3 is 2.20 bits per heavy atom. The Hall–Kier alpha value is -2.89. The summed E-state index contributed by atoms with van der Waals surface area (Å²) in [6, 6.07) is 0.723. The van der Waals surface area contributed by atoms with E-state index in [-0.39, 0.29) is 18.2 Å². The van der Waals surface area contributed by atoms with Crippen LogP contribution in [0, 0.1) is 21.7 Å². The minimum absolute atomic E-state index is 0.0491. The molecule has 7 nitrogen and oxygen atoms in total. The number of alkyl halides is 2. The number of rotatable bonds is 4. The number of halogens is 4. The van der Waals surface area contributed by atoms with E-state index in [0.29, 0.717) is 6.07 Å². The summed E-state index contributed by atoms with van der Waals surface area (Å²) in [5.41, 5.74) is -2.74. The van der Waals surface area contributed by atoms with Gasteiger partial charge in [0, 0.05) is 23.8 Å². The van der Waals surface area contributed by atoms with Gasteiger partial charge in [-0.3, -0.25) is 10.1 Å². The molecule has 0 spiro atoms. The molecule has 2 N–H and O–H groups in total. The third-order valence-corrected chi connectivity index (χ3v) is 4.92. The number of nitrogens with zero attached hydrogens (tertiary/aromatic N) is 1. The number of hydrogen-bond acceptors (Lipinski definition) is 6. The molecule has 0 aliphatic heterocycles. The third kappa shape index (κ3) is 3.20. The maximum atomic E-state index is 13.9. The lowest BCUT2D eigenvalue weighted by atomic mass is 10.2. The zero-order valence-electron chi connectivity index (χ0n) is 11.8. The van der Waals surface area contributed by atoms with E-state index in [1.165, 1.54) is 0 Å². The molecule has 0 atom stereocenters.